The minimum atomic E-state index is -2.58. The average molecular weight is 544 g/mol. The van der Waals surface area contributed by atoms with E-state index in [4.69, 9.17) is 10.7 Å². The van der Waals surface area contributed by atoms with Crippen LogP contribution in [0.3, 0.4) is 0 Å². The molecule has 6 N–H and O–H groups in total. The molecule has 1 aliphatic heterocycles. The van der Waals surface area contributed by atoms with Crippen LogP contribution in [-0.4, -0.2) is 67.8 Å². The second-order valence-electron chi connectivity index (χ2n) is 11.0. The van der Waals surface area contributed by atoms with Gasteiger partial charge < -0.3 is 31.1 Å². The molecule has 6 rings (SSSR count). The van der Waals surface area contributed by atoms with Crippen molar-refractivity contribution in [3.63, 3.8) is 0 Å². The quantitative estimate of drug-likeness (QED) is 0.367. The number of carbonyl (C=O) groups is 3. The number of aliphatic hydroxyl groups is 3. The molecule has 1 saturated carbocycles. The van der Waals surface area contributed by atoms with E-state index in [2.05, 4.69) is 4.90 Å². The summed E-state index contributed by atoms with van der Waals surface area (Å²) in [6, 6.07) is 10.8. The van der Waals surface area contributed by atoms with Gasteiger partial charge in [0.15, 0.2) is 11.4 Å². The van der Waals surface area contributed by atoms with Gasteiger partial charge in [0.2, 0.25) is 5.78 Å². The standard InChI is InChI=1S/C30H29N3O7/c1-33-10-2-3-22(33)32-17-6-4-14(5-7-17)18-8-9-20(34)24-19(18)12-15-11-16-13-21(35)25(29(31)39)28(38)30(16,40)27(37)23(15)26(24)36/h4-9,15-16,34,36,38,40H,2-3,10-13H2,1H3,(H2,31,39)/t15-,16+,30+/m1/s1. The number of aliphatic imine (C=N–C) groups is 1. The molecule has 4 aliphatic rings. The maximum absolute atomic E-state index is 13.7. The number of phenols is 1. The number of likely N-dealkylation sites (tertiary alicyclic amines) is 1. The molecule has 2 aromatic carbocycles. The Morgan fingerprint density at radius 3 is 2.45 bits per heavy atom. The van der Waals surface area contributed by atoms with Gasteiger partial charge >= 0.3 is 0 Å². The molecule has 3 aliphatic carbocycles. The predicted octanol–water partition coefficient (Wildman–Crippen LogP) is 2.85. The molecule has 206 valence electrons. The smallest absolute Gasteiger partial charge is 0.255 e. The van der Waals surface area contributed by atoms with E-state index in [0.717, 1.165) is 42.0 Å². The summed E-state index contributed by atoms with van der Waals surface area (Å²) in [5.41, 5.74) is 4.79. The SMILES string of the molecule is CN1CCCC1=Nc1ccc(-c2ccc(O)c3c2C[C@H]2C[C@H]4CC(=O)C(C(N)=O)=C(O)[C@@]4(O)C(=O)C2=C3O)cc1. The monoisotopic (exact) mass is 543 g/mol. The lowest BCUT2D eigenvalue weighted by atomic mass is 9.59. The number of nitrogens with two attached hydrogens (primary N) is 1. The number of hydrogen-bond acceptors (Lipinski definition) is 8. The van der Waals surface area contributed by atoms with E-state index in [1.807, 2.05) is 31.3 Å². The van der Waals surface area contributed by atoms with Crippen LogP contribution in [0.1, 0.15) is 36.8 Å². The van der Waals surface area contributed by atoms with Gasteiger partial charge in [-0.1, -0.05) is 18.2 Å². The van der Waals surface area contributed by atoms with Crippen LogP contribution in [0.2, 0.25) is 0 Å². The van der Waals surface area contributed by atoms with Crippen molar-refractivity contribution >= 4 is 34.8 Å². The molecule has 0 unspecified atom stereocenters. The zero-order valence-corrected chi connectivity index (χ0v) is 21.8. The largest absolute Gasteiger partial charge is 0.508 e. The molecule has 2 aromatic rings. The Bertz CT molecular complexity index is 1590. The number of phenolic OH excluding ortho intramolecular Hbond substituents is 1. The first-order valence-corrected chi connectivity index (χ1v) is 13.2. The van der Waals surface area contributed by atoms with Crippen molar-refractivity contribution in [2.24, 2.45) is 22.6 Å². The van der Waals surface area contributed by atoms with Crippen LogP contribution in [-0.2, 0) is 20.8 Å². The lowest BCUT2D eigenvalue weighted by Gasteiger charge is -2.46. The Kier molecular flexibility index (Phi) is 5.85. The molecule has 0 radical (unpaired) electrons. The first-order chi connectivity index (χ1) is 19.0. The Hall–Kier alpha value is -4.44. The summed E-state index contributed by atoms with van der Waals surface area (Å²) >= 11 is 0. The molecule has 1 saturated heterocycles. The number of primary amides is 1. The number of Topliss-reactive ketones (excluding diaryl/α,β-unsaturated/α-hetero) is 2. The molecule has 10 heteroatoms. The molecular formula is C30H29N3O7. The van der Waals surface area contributed by atoms with E-state index in [0.29, 0.717) is 5.56 Å². The molecule has 3 atom stereocenters. The number of rotatable bonds is 3. The third-order valence-corrected chi connectivity index (χ3v) is 8.72. The Morgan fingerprint density at radius 2 is 1.80 bits per heavy atom. The van der Waals surface area contributed by atoms with Gasteiger partial charge in [-0.25, -0.2) is 4.99 Å². The normalized spacial score (nSPS) is 27.1. The molecule has 10 nitrogen and oxygen atoms in total. The van der Waals surface area contributed by atoms with E-state index < -0.39 is 52.0 Å². The Labute approximate surface area is 229 Å². The van der Waals surface area contributed by atoms with Crippen molar-refractivity contribution in [3.05, 3.63) is 64.4 Å². The van der Waals surface area contributed by atoms with Gasteiger partial charge in [-0.2, -0.15) is 0 Å². The Morgan fingerprint density at radius 1 is 1.07 bits per heavy atom. The van der Waals surface area contributed by atoms with Crippen molar-refractivity contribution in [1.82, 2.24) is 4.90 Å². The fourth-order valence-corrected chi connectivity index (χ4v) is 6.69. The summed E-state index contributed by atoms with van der Waals surface area (Å²) in [7, 11) is 2.02. The van der Waals surface area contributed by atoms with E-state index in [9.17, 15) is 34.8 Å². The van der Waals surface area contributed by atoms with Crippen LogP contribution >= 0.6 is 0 Å². The highest BCUT2D eigenvalue weighted by atomic mass is 16.3. The number of hydrogen-bond donors (Lipinski definition) is 5. The average Bonchev–Trinajstić information content (AvgIpc) is 3.30. The van der Waals surface area contributed by atoms with Gasteiger partial charge in [0.1, 0.15) is 28.7 Å². The minimum Gasteiger partial charge on any atom is -0.508 e. The van der Waals surface area contributed by atoms with Gasteiger partial charge in [-0.15, -0.1) is 0 Å². The third-order valence-electron chi connectivity index (χ3n) is 8.72. The fraction of sp³-hybridized carbons (Fsp3) is 0.333. The first-order valence-electron chi connectivity index (χ1n) is 13.2. The number of aromatic hydroxyl groups is 1. The predicted molar refractivity (Wildman–Crippen MR) is 146 cm³/mol. The summed E-state index contributed by atoms with van der Waals surface area (Å²) in [6.07, 6.45) is 1.98. The van der Waals surface area contributed by atoms with Crippen LogP contribution < -0.4 is 5.73 Å². The lowest BCUT2D eigenvalue weighted by Crippen LogP contribution is -2.58. The van der Waals surface area contributed by atoms with E-state index in [1.54, 1.807) is 6.07 Å². The number of aliphatic hydroxyl groups excluding tert-OH is 2. The maximum atomic E-state index is 13.7. The third kappa shape index (κ3) is 3.66. The number of ketones is 2. The minimum absolute atomic E-state index is 0.0709. The number of benzene rings is 2. The van der Waals surface area contributed by atoms with Crippen molar-refractivity contribution in [2.45, 2.75) is 37.7 Å². The molecule has 0 aromatic heterocycles. The molecule has 2 fully saturated rings. The number of carbonyl (C=O) groups excluding carboxylic acids is 3. The highest BCUT2D eigenvalue weighted by Crippen LogP contribution is 2.53. The summed E-state index contributed by atoms with van der Waals surface area (Å²) in [4.78, 5) is 44.9. The van der Waals surface area contributed by atoms with Crippen molar-refractivity contribution in [2.75, 3.05) is 13.6 Å². The van der Waals surface area contributed by atoms with Gasteiger partial charge in [-0.05, 0) is 60.1 Å². The van der Waals surface area contributed by atoms with Gasteiger partial charge in [-0.3, -0.25) is 14.4 Å². The van der Waals surface area contributed by atoms with Crippen molar-refractivity contribution in [3.8, 4) is 16.9 Å². The fourth-order valence-electron chi connectivity index (χ4n) is 6.69. The van der Waals surface area contributed by atoms with Crippen LogP contribution in [0.25, 0.3) is 16.9 Å². The molecular weight excluding hydrogens is 514 g/mol. The highest BCUT2D eigenvalue weighted by molar-refractivity contribution is 6.22. The second kappa shape index (κ2) is 9.06. The molecule has 40 heavy (non-hydrogen) atoms. The lowest BCUT2D eigenvalue weighted by molar-refractivity contribution is -0.147. The molecule has 0 bridgehead atoms. The molecule has 0 spiro atoms. The van der Waals surface area contributed by atoms with Crippen LogP contribution in [0, 0.1) is 11.8 Å². The number of nitrogens with zero attached hydrogens (tertiary/aromatic N) is 2. The summed E-state index contributed by atoms with van der Waals surface area (Å²) in [6.45, 7) is 0.980. The summed E-state index contributed by atoms with van der Waals surface area (Å²) in [5.74, 6) is -5.39. The molecule has 1 heterocycles. The Balaban J connectivity index is 1.43. The number of amidine groups is 1. The zero-order chi connectivity index (χ0) is 28.5. The summed E-state index contributed by atoms with van der Waals surface area (Å²) in [5, 5.41) is 44.2. The first kappa shape index (κ1) is 25.8. The van der Waals surface area contributed by atoms with Crippen LogP contribution in [0.4, 0.5) is 5.69 Å². The number of fused-ring (bicyclic) bond motifs is 3. The highest BCUT2D eigenvalue weighted by Gasteiger charge is 2.60. The van der Waals surface area contributed by atoms with Crippen LogP contribution in [0.5, 0.6) is 5.75 Å². The van der Waals surface area contributed by atoms with E-state index >= 15 is 0 Å². The second-order valence-corrected chi connectivity index (χ2v) is 11.0. The van der Waals surface area contributed by atoms with E-state index in [1.165, 1.54) is 6.07 Å². The maximum Gasteiger partial charge on any atom is 0.255 e. The van der Waals surface area contributed by atoms with Crippen LogP contribution in [0.15, 0.2) is 58.3 Å². The number of amides is 1. The van der Waals surface area contributed by atoms with E-state index in [-0.39, 0.29) is 36.1 Å². The van der Waals surface area contributed by atoms with Gasteiger partial charge in [0.05, 0.1) is 11.3 Å². The van der Waals surface area contributed by atoms with Crippen molar-refractivity contribution in [1.29, 1.82) is 0 Å². The zero-order valence-electron chi connectivity index (χ0n) is 21.8. The summed E-state index contributed by atoms with van der Waals surface area (Å²) < 4.78 is 0. The van der Waals surface area contributed by atoms with Gasteiger partial charge in [0, 0.05) is 37.9 Å². The van der Waals surface area contributed by atoms with Crippen molar-refractivity contribution < 1.29 is 34.8 Å². The topological polar surface area (TPSA) is 174 Å². The molecule has 1 amide bonds. The van der Waals surface area contributed by atoms with Gasteiger partial charge in [0.25, 0.3) is 5.91 Å².